The van der Waals surface area contributed by atoms with E-state index in [1.54, 1.807) is 11.3 Å². The van der Waals surface area contributed by atoms with Crippen LogP contribution in [0.1, 0.15) is 19.8 Å². The Labute approximate surface area is 87.1 Å². The van der Waals surface area contributed by atoms with Gasteiger partial charge in [0, 0.05) is 29.4 Å². The molecule has 72 valence electrons. The lowest BCUT2D eigenvalue weighted by molar-refractivity contribution is 0.679. The van der Waals surface area contributed by atoms with Crippen molar-refractivity contribution in [3.05, 3.63) is 11.6 Å². The van der Waals surface area contributed by atoms with E-state index in [1.807, 2.05) is 23.3 Å². The van der Waals surface area contributed by atoms with Crippen molar-refractivity contribution < 1.29 is 0 Å². The third kappa shape index (κ3) is 3.29. The predicted octanol–water partition coefficient (Wildman–Crippen LogP) is 2.38. The maximum Gasteiger partial charge on any atom is 0.150 e. The first-order valence-electron chi connectivity index (χ1n) is 4.64. The summed E-state index contributed by atoms with van der Waals surface area (Å²) in [4.78, 5) is 4.25. The van der Waals surface area contributed by atoms with E-state index in [1.165, 1.54) is 17.2 Å². The summed E-state index contributed by atoms with van der Waals surface area (Å²) in [5, 5.41) is 6.19. The minimum atomic E-state index is 0.631. The highest BCUT2D eigenvalue weighted by atomic mass is 32.2. The van der Waals surface area contributed by atoms with Crippen molar-refractivity contribution in [3.63, 3.8) is 0 Å². The molecule has 1 aliphatic rings. The third-order valence-corrected chi connectivity index (χ3v) is 4.00. The van der Waals surface area contributed by atoms with Crippen LogP contribution in [0.3, 0.4) is 0 Å². The average molecular weight is 214 g/mol. The Morgan fingerprint density at radius 3 is 3.23 bits per heavy atom. The van der Waals surface area contributed by atoms with Gasteiger partial charge < -0.3 is 5.32 Å². The van der Waals surface area contributed by atoms with Gasteiger partial charge in [0.15, 0.2) is 0 Å². The summed E-state index contributed by atoms with van der Waals surface area (Å²) in [6.45, 7) is 3.36. The van der Waals surface area contributed by atoms with Gasteiger partial charge in [-0.1, -0.05) is 18.7 Å². The molecule has 0 aromatic carbocycles. The molecular formula is C9H14N2S2. The van der Waals surface area contributed by atoms with Crippen molar-refractivity contribution in [2.75, 3.05) is 6.54 Å². The van der Waals surface area contributed by atoms with Crippen LogP contribution in [0.5, 0.6) is 0 Å². The molecular weight excluding hydrogens is 200 g/mol. The third-order valence-electron chi connectivity index (χ3n) is 1.98. The zero-order valence-electron chi connectivity index (χ0n) is 7.69. The summed E-state index contributed by atoms with van der Waals surface area (Å²) in [5.41, 5.74) is 0. The van der Waals surface area contributed by atoms with Gasteiger partial charge >= 0.3 is 0 Å². The number of thioether (sulfide) groups is 1. The van der Waals surface area contributed by atoms with Gasteiger partial charge in [0.25, 0.3) is 0 Å². The van der Waals surface area contributed by atoms with Crippen molar-refractivity contribution in [1.82, 2.24) is 10.3 Å². The van der Waals surface area contributed by atoms with Crippen LogP contribution in [0.2, 0.25) is 0 Å². The summed E-state index contributed by atoms with van der Waals surface area (Å²) in [6.07, 6.45) is 4.61. The number of thiazole rings is 1. The second kappa shape index (κ2) is 4.44. The zero-order chi connectivity index (χ0) is 9.10. The van der Waals surface area contributed by atoms with Crippen LogP contribution in [0.25, 0.3) is 0 Å². The van der Waals surface area contributed by atoms with E-state index in [9.17, 15) is 0 Å². The molecule has 1 heterocycles. The van der Waals surface area contributed by atoms with E-state index in [2.05, 4.69) is 17.2 Å². The number of nitrogens with one attached hydrogen (secondary N) is 1. The molecule has 1 aromatic heterocycles. The number of hydrogen-bond donors (Lipinski definition) is 1. The monoisotopic (exact) mass is 214 g/mol. The first-order valence-corrected chi connectivity index (χ1v) is 6.40. The Hall–Kier alpha value is -0.0600. The molecule has 2 rings (SSSR count). The summed E-state index contributed by atoms with van der Waals surface area (Å²) < 4.78 is 1.19. The maximum absolute atomic E-state index is 4.25. The van der Waals surface area contributed by atoms with Gasteiger partial charge in [0.2, 0.25) is 0 Å². The number of aromatic nitrogens is 1. The summed E-state index contributed by atoms with van der Waals surface area (Å²) >= 11 is 3.59. The first kappa shape index (κ1) is 9.49. The molecule has 0 radical (unpaired) electrons. The minimum absolute atomic E-state index is 0.631. The van der Waals surface area contributed by atoms with Gasteiger partial charge in [-0.25, -0.2) is 4.98 Å². The second-order valence-electron chi connectivity index (χ2n) is 3.41. The molecule has 0 amide bonds. The van der Waals surface area contributed by atoms with E-state index in [0.717, 1.165) is 12.6 Å². The van der Waals surface area contributed by atoms with Crippen molar-refractivity contribution in [2.45, 2.75) is 35.4 Å². The average Bonchev–Trinajstić information content (AvgIpc) is 2.82. The molecule has 13 heavy (non-hydrogen) atoms. The van der Waals surface area contributed by atoms with Gasteiger partial charge in [0.1, 0.15) is 4.34 Å². The first-order chi connectivity index (χ1) is 6.34. The van der Waals surface area contributed by atoms with Crippen LogP contribution in [-0.2, 0) is 0 Å². The minimum Gasteiger partial charge on any atom is -0.313 e. The summed E-state index contributed by atoms with van der Waals surface area (Å²) in [5.74, 6) is 0. The molecule has 0 bridgehead atoms. The van der Waals surface area contributed by atoms with Gasteiger partial charge in [-0.15, -0.1) is 11.3 Å². The van der Waals surface area contributed by atoms with E-state index < -0.39 is 0 Å². The lowest BCUT2D eigenvalue weighted by atomic mass is 10.4. The molecule has 0 aliphatic heterocycles. The summed E-state index contributed by atoms with van der Waals surface area (Å²) in [6, 6.07) is 0.819. The lowest BCUT2D eigenvalue weighted by Crippen LogP contribution is -2.24. The Morgan fingerprint density at radius 1 is 1.77 bits per heavy atom. The molecule has 1 N–H and O–H groups in total. The Morgan fingerprint density at radius 2 is 2.62 bits per heavy atom. The highest BCUT2D eigenvalue weighted by molar-refractivity contribution is 8.01. The van der Waals surface area contributed by atoms with Gasteiger partial charge in [0.05, 0.1) is 0 Å². The van der Waals surface area contributed by atoms with Crippen LogP contribution < -0.4 is 5.32 Å². The van der Waals surface area contributed by atoms with Crippen LogP contribution in [0, 0.1) is 0 Å². The number of nitrogens with zero attached hydrogens (tertiary/aromatic N) is 1. The molecule has 1 aromatic rings. The van der Waals surface area contributed by atoms with Gasteiger partial charge in [-0.05, 0) is 12.8 Å². The SMILES string of the molecule is CC(CNC1CC1)Sc1nccs1. The normalized spacial score (nSPS) is 18.8. The quantitative estimate of drug-likeness (QED) is 0.762. The van der Waals surface area contributed by atoms with Crippen LogP contribution in [0.4, 0.5) is 0 Å². The Balaban J connectivity index is 1.68. The molecule has 1 fully saturated rings. The highest BCUT2D eigenvalue weighted by Crippen LogP contribution is 2.25. The standard InChI is InChI=1S/C9H14N2S2/c1-7(6-11-8-2-3-8)13-9-10-4-5-12-9/h4-5,7-8,11H,2-3,6H2,1H3. The number of hydrogen-bond acceptors (Lipinski definition) is 4. The van der Waals surface area contributed by atoms with E-state index in [0.29, 0.717) is 5.25 Å². The molecule has 0 spiro atoms. The van der Waals surface area contributed by atoms with Crippen LogP contribution in [-0.4, -0.2) is 22.8 Å². The fourth-order valence-electron chi connectivity index (χ4n) is 1.10. The molecule has 1 atom stereocenters. The Kier molecular flexibility index (Phi) is 3.24. The van der Waals surface area contributed by atoms with E-state index in [4.69, 9.17) is 0 Å². The van der Waals surface area contributed by atoms with Gasteiger partial charge in [-0.3, -0.25) is 0 Å². The molecule has 1 saturated carbocycles. The number of rotatable bonds is 5. The Bertz CT molecular complexity index is 244. The molecule has 0 saturated heterocycles. The fraction of sp³-hybridized carbons (Fsp3) is 0.667. The fourth-order valence-corrected chi connectivity index (χ4v) is 2.99. The van der Waals surface area contributed by atoms with Crippen molar-refractivity contribution >= 4 is 23.1 Å². The van der Waals surface area contributed by atoms with Crippen molar-refractivity contribution in [2.24, 2.45) is 0 Å². The molecule has 1 aliphatic carbocycles. The highest BCUT2D eigenvalue weighted by Gasteiger charge is 2.21. The topological polar surface area (TPSA) is 24.9 Å². The lowest BCUT2D eigenvalue weighted by Gasteiger charge is -2.09. The molecule has 2 nitrogen and oxygen atoms in total. The zero-order valence-corrected chi connectivity index (χ0v) is 9.33. The van der Waals surface area contributed by atoms with Crippen LogP contribution >= 0.6 is 23.1 Å². The van der Waals surface area contributed by atoms with Crippen molar-refractivity contribution in [3.8, 4) is 0 Å². The second-order valence-corrected chi connectivity index (χ2v) is 5.99. The molecule has 4 heteroatoms. The molecule has 1 unspecified atom stereocenters. The smallest absolute Gasteiger partial charge is 0.150 e. The van der Waals surface area contributed by atoms with Gasteiger partial charge in [-0.2, -0.15) is 0 Å². The largest absolute Gasteiger partial charge is 0.313 e. The van der Waals surface area contributed by atoms with Crippen molar-refractivity contribution in [1.29, 1.82) is 0 Å². The predicted molar refractivity (Wildman–Crippen MR) is 58.5 cm³/mol. The van der Waals surface area contributed by atoms with E-state index in [-0.39, 0.29) is 0 Å². The van der Waals surface area contributed by atoms with Crippen LogP contribution in [0.15, 0.2) is 15.9 Å². The summed E-state index contributed by atoms with van der Waals surface area (Å²) in [7, 11) is 0. The van der Waals surface area contributed by atoms with E-state index >= 15 is 0 Å². The maximum atomic E-state index is 4.25.